The number of allylic oxidation sites excluding steroid dienone is 12. The highest BCUT2D eigenvalue weighted by molar-refractivity contribution is 6.34. The summed E-state index contributed by atoms with van der Waals surface area (Å²) in [5.41, 5.74) is 10.2. The van der Waals surface area contributed by atoms with Crippen LogP contribution < -0.4 is 9.47 Å². The molecule has 236 valence electrons. The summed E-state index contributed by atoms with van der Waals surface area (Å²) < 4.78 is 12.4. The van der Waals surface area contributed by atoms with Gasteiger partial charge in [-0.3, -0.25) is 0 Å². The van der Waals surface area contributed by atoms with Crippen LogP contribution in [0.2, 0.25) is 0 Å². The van der Waals surface area contributed by atoms with E-state index < -0.39 is 0 Å². The first-order valence-electron chi connectivity index (χ1n) is 16.4. The second-order valence-corrected chi connectivity index (χ2v) is 11.9. The van der Waals surface area contributed by atoms with Crippen molar-refractivity contribution >= 4 is 34.0 Å². The minimum Gasteiger partial charge on any atom is -0.457 e. The Morgan fingerprint density at radius 3 is 1.26 bits per heavy atom. The Balaban J connectivity index is 1.14. The molecule has 6 heteroatoms. The predicted molar refractivity (Wildman–Crippen MR) is 202 cm³/mol. The van der Waals surface area contributed by atoms with E-state index in [9.17, 15) is 0 Å². The fourth-order valence-electron chi connectivity index (χ4n) is 6.23. The second kappa shape index (κ2) is 12.6. The van der Waals surface area contributed by atoms with E-state index in [2.05, 4.69) is 12.1 Å². The Morgan fingerprint density at radius 1 is 0.360 bits per heavy atom. The zero-order chi connectivity index (χ0) is 33.3. The van der Waals surface area contributed by atoms with E-state index in [1.54, 1.807) is 0 Å². The lowest BCUT2D eigenvalue weighted by atomic mass is 9.98. The van der Waals surface area contributed by atoms with E-state index in [-0.39, 0.29) is 0 Å². The molecule has 0 N–H and O–H groups in total. The lowest BCUT2D eigenvalue weighted by molar-refractivity contribution is 0.482. The van der Waals surface area contributed by atoms with Crippen LogP contribution in [-0.4, -0.2) is 22.8 Å². The largest absolute Gasteiger partial charge is 0.457 e. The van der Waals surface area contributed by atoms with Crippen LogP contribution in [0.5, 0.6) is 23.0 Å². The summed E-state index contributed by atoms with van der Waals surface area (Å²) in [6.07, 6.45) is 20.2. The van der Waals surface area contributed by atoms with Crippen molar-refractivity contribution in [3.63, 3.8) is 0 Å². The van der Waals surface area contributed by atoms with Crippen molar-refractivity contribution in [1.29, 1.82) is 0 Å². The van der Waals surface area contributed by atoms with Gasteiger partial charge in [0.05, 0.1) is 45.6 Å². The molecule has 0 radical (unpaired) electrons. The Hall–Kier alpha value is -6.92. The SMILES string of the molecule is C1=CC2=NC1=CC1=NC(=C(c3cccc(Oc4ccccc4)c3)C3=NC(=CC4=NC(=C2c2cccc(Oc5ccccc5)c2)C=C4)C=C3)C=C1. The minimum atomic E-state index is 0.733. The van der Waals surface area contributed by atoms with E-state index in [1.165, 1.54) is 0 Å². The van der Waals surface area contributed by atoms with Crippen LogP contribution in [0.3, 0.4) is 0 Å². The van der Waals surface area contributed by atoms with Gasteiger partial charge in [-0.1, -0.05) is 60.7 Å². The Labute approximate surface area is 289 Å². The molecule has 50 heavy (non-hydrogen) atoms. The highest BCUT2D eigenvalue weighted by Crippen LogP contribution is 2.35. The van der Waals surface area contributed by atoms with Gasteiger partial charge in [0.1, 0.15) is 23.0 Å². The van der Waals surface area contributed by atoms with Gasteiger partial charge in [-0.15, -0.1) is 0 Å². The quantitative estimate of drug-likeness (QED) is 0.210. The molecule has 0 aliphatic carbocycles. The first kappa shape index (κ1) is 29.2. The molecule has 8 bridgehead atoms. The summed E-state index contributed by atoms with van der Waals surface area (Å²) in [4.78, 5) is 20.2. The normalized spacial score (nSPS) is 17.0. The zero-order valence-corrected chi connectivity index (χ0v) is 26.8. The Bertz CT molecular complexity index is 2270. The average Bonchev–Trinajstić information content (AvgIpc) is 3.97. The van der Waals surface area contributed by atoms with E-state index in [0.29, 0.717) is 0 Å². The molecule has 9 rings (SSSR count). The van der Waals surface area contributed by atoms with Gasteiger partial charge in [-0.25, -0.2) is 20.0 Å². The number of rotatable bonds is 6. The third kappa shape index (κ3) is 5.98. The molecule has 0 fully saturated rings. The molecule has 0 unspecified atom stereocenters. The van der Waals surface area contributed by atoms with Crippen molar-refractivity contribution in [2.45, 2.75) is 0 Å². The molecule has 6 nitrogen and oxygen atoms in total. The summed E-state index contributed by atoms with van der Waals surface area (Å²) in [5.74, 6) is 3.01. The third-order valence-electron chi connectivity index (χ3n) is 8.47. The molecule has 0 spiro atoms. The number of aliphatic imine (C=N–C) groups is 4. The van der Waals surface area contributed by atoms with Crippen molar-refractivity contribution in [3.8, 4) is 23.0 Å². The average molecular weight is 645 g/mol. The van der Waals surface area contributed by atoms with Gasteiger partial charge in [-0.05, 0) is 120 Å². The van der Waals surface area contributed by atoms with Gasteiger partial charge in [0.25, 0.3) is 0 Å². The van der Waals surface area contributed by atoms with Crippen LogP contribution in [0.15, 0.2) is 213 Å². The first-order chi connectivity index (χ1) is 24.7. The van der Waals surface area contributed by atoms with Crippen molar-refractivity contribution in [2.75, 3.05) is 0 Å². The maximum atomic E-state index is 6.19. The summed E-state index contributed by atoms with van der Waals surface area (Å²) in [6.45, 7) is 0. The predicted octanol–water partition coefficient (Wildman–Crippen LogP) is 10.2. The molecule has 0 amide bonds. The van der Waals surface area contributed by atoms with E-state index >= 15 is 0 Å². The highest BCUT2D eigenvalue weighted by Gasteiger charge is 2.22. The lowest BCUT2D eigenvalue weighted by Crippen LogP contribution is -2.01. The van der Waals surface area contributed by atoms with Crippen molar-refractivity contribution in [3.05, 3.63) is 204 Å². The number of nitrogens with zero attached hydrogens (tertiary/aromatic N) is 4. The molecule has 0 saturated heterocycles. The van der Waals surface area contributed by atoms with Gasteiger partial charge in [-0.2, -0.15) is 0 Å². The second-order valence-electron chi connectivity index (χ2n) is 11.9. The van der Waals surface area contributed by atoms with Crippen molar-refractivity contribution in [1.82, 2.24) is 0 Å². The van der Waals surface area contributed by atoms with Gasteiger partial charge in [0.15, 0.2) is 0 Å². The molecule has 5 aliphatic heterocycles. The molecular weight excluding hydrogens is 617 g/mol. The number of fused-ring (bicyclic) bond motifs is 4. The monoisotopic (exact) mass is 644 g/mol. The standard InChI is InChI=1S/C44H28N4O2/c1-3-11-35(12-4-1)49-37-15-7-9-29(25-37)43-39-21-17-31(45-39)27-33-19-23-41(47-33)44(42-24-20-34(48-42)28-32-18-22-40(43)46-32)30-10-8-16-38(26-30)50-36-13-5-2-6-14-36/h1-28H. The maximum absolute atomic E-state index is 6.19. The summed E-state index contributed by atoms with van der Waals surface area (Å²) >= 11 is 0. The molecule has 4 aromatic rings. The van der Waals surface area contributed by atoms with E-state index in [4.69, 9.17) is 29.4 Å². The minimum absolute atomic E-state index is 0.733. The van der Waals surface area contributed by atoms with Crippen LogP contribution in [0.1, 0.15) is 11.1 Å². The number of ether oxygens (including phenoxy) is 2. The molecule has 0 saturated carbocycles. The molecule has 0 aromatic heterocycles. The van der Waals surface area contributed by atoms with E-state index in [1.807, 2.05) is 158 Å². The van der Waals surface area contributed by atoms with Crippen LogP contribution >= 0.6 is 0 Å². The van der Waals surface area contributed by atoms with Crippen molar-refractivity contribution in [2.24, 2.45) is 20.0 Å². The third-order valence-corrected chi connectivity index (χ3v) is 8.47. The van der Waals surface area contributed by atoms with Gasteiger partial charge >= 0.3 is 0 Å². The molecule has 5 aliphatic rings. The number of hydrogen-bond donors (Lipinski definition) is 0. The van der Waals surface area contributed by atoms with Crippen molar-refractivity contribution < 1.29 is 9.47 Å². The lowest BCUT2D eigenvalue weighted by Gasteiger charge is -2.12. The number of hydrogen-bond acceptors (Lipinski definition) is 6. The fraction of sp³-hybridized carbons (Fsp3) is 0. The Kier molecular flexibility index (Phi) is 7.37. The van der Waals surface area contributed by atoms with Gasteiger partial charge < -0.3 is 9.47 Å². The smallest absolute Gasteiger partial charge is 0.128 e. The zero-order valence-electron chi connectivity index (χ0n) is 26.8. The number of benzene rings is 4. The molecule has 5 heterocycles. The van der Waals surface area contributed by atoms with Gasteiger partial charge in [0, 0.05) is 11.1 Å². The topological polar surface area (TPSA) is 67.9 Å². The van der Waals surface area contributed by atoms with Crippen LogP contribution in [0, 0.1) is 0 Å². The van der Waals surface area contributed by atoms with E-state index in [0.717, 1.165) is 90.9 Å². The summed E-state index contributed by atoms with van der Waals surface area (Å²) in [7, 11) is 0. The summed E-state index contributed by atoms with van der Waals surface area (Å²) in [6, 6.07) is 35.6. The maximum Gasteiger partial charge on any atom is 0.128 e. The van der Waals surface area contributed by atoms with Gasteiger partial charge in [0.2, 0.25) is 0 Å². The first-order valence-corrected chi connectivity index (χ1v) is 16.4. The summed E-state index contributed by atoms with van der Waals surface area (Å²) in [5, 5.41) is 0. The van der Waals surface area contributed by atoms with Crippen LogP contribution in [-0.2, 0) is 0 Å². The molecular formula is C44H28N4O2. The highest BCUT2D eigenvalue weighted by atomic mass is 16.5. The molecule has 0 atom stereocenters. The van der Waals surface area contributed by atoms with Crippen LogP contribution in [0.4, 0.5) is 0 Å². The fourth-order valence-corrected chi connectivity index (χ4v) is 6.23. The Morgan fingerprint density at radius 2 is 0.800 bits per heavy atom. The molecule has 4 aromatic carbocycles. The van der Waals surface area contributed by atoms with Crippen LogP contribution in [0.25, 0.3) is 11.1 Å². The number of para-hydroxylation sites is 2.